The first kappa shape index (κ1) is 25.4. The van der Waals surface area contributed by atoms with E-state index in [0.29, 0.717) is 24.6 Å². The third kappa shape index (κ3) is 7.12. The lowest BCUT2D eigenvalue weighted by atomic mass is 10.3. The minimum Gasteiger partial charge on any atom is -0.494 e. The average Bonchev–Trinajstić information content (AvgIpc) is 3.35. The molecule has 2 aromatic carbocycles. The molecule has 1 aliphatic heterocycles. The predicted octanol–water partition coefficient (Wildman–Crippen LogP) is 3.60. The van der Waals surface area contributed by atoms with Gasteiger partial charge in [-0.05, 0) is 101 Å². The number of rotatable bonds is 12. The van der Waals surface area contributed by atoms with E-state index in [2.05, 4.69) is 10.2 Å². The summed E-state index contributed by atoms with van der Waals surface area (Å²) in [6.07, 6.45) is 5.25. The molecule has 0 unspecified atom stereocenters. The van der Waals surface area contributed by atoms with E-state index < -0.39 is 10.0 Å². The van der Waals surface area contributed by atoms with Crippen LogP contribution >= 0.6 is 11.8 Å². The lowest BCUT2D eigenvalue weighted by Gasteiger charge is -2.24. The summed E-state index contributed by atoms with van der Waals surface area (Å²) in [6.45, 7) is 5.82. The van der Waals surface area contributed by atoms with Crippen LogP contribution in [0.3, 0.4) is 0 Å². The van der Waals surface area contributed by atoms with E-state index in [4.69, 9.17) is 4.74 Å². The number of carbonyl (C=O) groups is 1. The molecule has 1 N–H and O–H groups in total. The second kappa shape index (κ2) is 12.3. The van der Waals surface area contributed by atoms with Crippen molar-refractivity contribution in [2.75, 3.05) is 49.9 Å². The average molecular weight is 492 g/mol. The number of thioether (sulfide) groups is 1. The van der Waals surface area contributed by atoms with Crippen molar-refractivity contribution >= 4 is 33.4 Å². The van der Waals surface area contributed by atoms with Gasteiger partial charge in [0.05, 0.1) is 17.2 Å². The number of ether oxygens (including phenoxy) is 1. The molecule has 1 fully saturated rings. The normalized spacial score (nSPS) is 14.2. The Kier molecular flexibility index (Phi) is 9.46. The SMILES string of the molecule is CCOc1ccc(N(CC(=O)NCCCN2CCCC2)S(=O)(=O)c2ccc(SC)cc2)cc1. The maximum absolute atomic E-state index is 13.5. The second-order valence-corrected chi connectivity index (χ2v) is 10.6. The van der Waals surface area contributed by atoms with Crippen LogP contribution in [-0.2, 0) is 14.8 Å². The number of benzene rings is 2. The third-order valence-corrected chi connectivity index (χ3v) is 8.07. The zero-order chi connectivity index (χ0) is 23.7. The van der Waals surface area contributed by atoms with Crippen LogP contribution < -0.4 is 14.4 Å². The number of hydrogen-bond acceptors (Lipinski definition) is 6. The number of nitrogens with zero attached hydrogens (tertiary/aromatic N) is 2. The van der Waals surface area contributed by atoms with Crippen LogP contribution in [-0.4, -0.2) is 64.8 Å². The van der Waals surface area contributed by atoms with E-state index in [1.165, 1.54) is 12.8 Å². The van der Waals surface area contributed by atoms with Crippen molar-refractivity contribution in [2.45, 2.75) is 36.0 Å². The zero-order valence-corrected chi connectivity index (χ0v) is 21.0. The van der Waals surface area contributed by atoms with Crippen molar-refractivity contribution in [2.24, 2.45) is 0 Å². The van der Waals surface area contributed by atoms with Crippen LogP contribution in [0.1, 0.15) is 26.2 Å². The van der Waals surface area contributed by atoms with Crippen LogP contribution in [0.2, 0.25) is 0 Å². The standard InChI is InChI=1S/C24H33N3O4S2/c1-3-31-21-9-7-20(8-10-21)27(33(29,30)23-13-11-22(32-2)12-14-23)19-24(28)25-15-6-18-26-16-4-5-17-26/h7-14H,3-6,15-19H2,1-2H3,(H,25,28). The molecule has 1 aliphatic rings. The molecule has 0 spiro atoms. The second-order valence-electron chi connectivity index (χ2n) is 7.87. The molecule has 1 heterocycles. The van der Waals surface area contributed by atoms with Crippen molar-refractivity contribution in [1.82, 2.24) is 10.2 Å². The molecule has 0 aliphatic carbocycles. The van der Waals surface area contributed by atoms with Crippen molar-refractivity contribution in [3.05, 3.63) is 48.5 Å². The quantitative estimate of drug-likeness (QED) is 0.361. The summed E-state index contributed by atoms with van der Waals surface area (Å²) in [5.74, 6) is 0.323. The van der Waals surface area contributed by atoms with Gasteiger partial charge in [0.25, 0.3) is 10.0 Å². The van der Waals surface area contributed by atoms with Gasteiger partial charge in [-0.1, -0.05) is 0 Å². The summed E-state index contributed by atoms with van der Waals surface area (Å²) in [7, 11) is -3.93. The van der Waals surface area contributed by atoms with E-state index in [1.54, 1.807) is 60.3 Å². The minimum absolute atomic E-state index is 0.149. The number of amides is 1. The fourth-order valence-corrected chi connectivity index (χ4v) is 5.62. The van der Waals surface area contributed by atoms with E-state index >= 15 is 0 Å². The van der Waals surface area contributed by atoms with Gasteiger partial charge in [0.2, 0.25) is 5.91 Å². The fourth-order valence-electron chi connectivity index (χ4n) is 3.79. The fraction of sp³-hybridized carbons (Fsp3) is 0.458. The Morgan fingerprint density at radius 1 is 1.09 bits per heavy atom. The molecule has 0 radical (unpaired) electrons. The largest absolute Gasteiger partial charge is 0.494 e. The number of sulfonamides is 1. The first-order valence-electron chi connectivity index (χ1n) is 11.3. The molecular formula is C24H33N3O4S2. The minimum atomic E-state index is -3.93. The Bertz CT molecular complexity index is 989. The van der Waals surface area contributed by atoms with Gasteiger partial charge in [-0.3, -0.25) is 9.10 Å². The molecule has 7 nitrogen and oxygen atoms in total. The van der Waals surface area contributed by atoms with E-state index in [-0.39, 0.29) is 17.3 Å². The van der Waals surface area contributed by atoms with E-state index in [9.17, 15) is 13.2 Å². The Balaban J connectivity index is 1.73. The van der Waals surface area contributed by atoms with Crippen molar-refractivity contribution < 1.29 is 17.9 Å². The first-order valence-corrected chi connectivity index (χ1v) is 14.0. The molecule has 2 aromatic rings. The monoisotopic (exact) mass is 491 g/mol. The van der Waals surface area contributed by atoms with Gasteiger partial charge >= 0.3 is 0 Å². The summed E-state index contributed by atoms with van der Waals surface area (Å²) in [6, 6.07) is 13.5. The Hall–Kier alpha value is -2.23. The van der Waals surface area contributed by atoms with Gasteiger partial charge in [0, 0.05) is 11.4 Å². The molecular weight excluding hydrogens is 458 g/mol. The first-order chi connectivity index (χ1) is 15.9. The van der Waals surface area contributed by atoms with E-state index in [1.807, 2.05) is 13.2 Å². The third-order valence-electron chi connectivity index (χ3n) is 5.54. The van der Waals surface area contributed by atoms with Crippen LogP contribution in [0.15, 0.2) is 58.3 Å². The number of carbonyl (C=O) groups excluding carboxylic acids is 1. The van der Waals surface area contributed by atoms with Gasteiger partial charge in [0.15, 0.2) is 0 Å². The highest BCUT2D eigenvalue weighted by Crippen LogP contribution is 2.27. The molecule has 0 aromatic heterocycles. The summed E-state index contributed by atoms with van der Waals surface area (Å²) in [5.41, 5.74) is 0.416. The van der Waals surface area contributed by atoms with Crippen LogP contribution in [0, 0.1) is 0 Å². The summed E-state index contributed by atoms with van der Waals surface area (Å²) in [4.78, 5) is 16.2. The highest BCUT2D eigenvalue weighted by molar-refractivity contribution is 7.98. The van der Waals surface area contributed by atoms with Crippen LogP contribution in [0.25, 0.3) is 0 Å². The molecule has 1 saturated heterocycles. The maximum atomic E-state index is 13.5. The molecule has 9 heteroatoms. The number of anilines is 1. The molecule has 0 atom stereocenters. The Labute approximate surface area is 201 Å². The number of likely N-dealkylation sites (tertiary alicyclic amines) is 1. The summed E-state index contributed by atoms with van der Waals surface area (Å²) in [5, 5.41) is 2.88. The predicted molar refractivity (Wildman–Crippen MR) is 134 cm³/mol. The Morgan fingerprint density at radius 3 is 2.36 bits per heavy atom. The molecule has 180 valence electrons. The molecule has 0 saturated carbocycles. The lowest BCUT2D eigenvalue weighted by Crippen LogP contribution is -2.41. The number of hydrogen-bond donors (Lipinski definition) is 1. The molecule has 1 amide bonds. The molecule has 3 rings (SSSR count). The highest BCUT2D eigenvalue weighted by atomic mass is 32.2. The Morgan fingerprint density at radius 2 is 1.76 bits per heavy atom. The summed E-state index contributed by atoms with van der Waals surface area (Å²) < 4.78 is 33.6. The van der Waals surface area contributed by atoms with Crippen LogP contribution in [0.5, 0.6) is 5.75 Å². The van der Waals surface area contributed by atoms with Crippen molar-refractivity contribution in [3.63, 3.8) is 0 Å². The summed E-state index contributed by atoms with van der Waals surface area (Å²) >= 11 is 1.54. The van der Waals surface area contributed by atoms with Crippen LogP contribution in [0.4, 0.5) is 5.69 Å². The molecule has 0 bridgehead atoms. The maximum Gasteiger partial charge on any atom is 0.264 e. The van der Waals surface area contributed by atoms with Gasteiger partial charge in [-0.2, -0.15) is 0 Å². The van der Waals surface area contributed by atoms with Gasteiger partial charge in [-0.25, -0.2) is 8.42 Å². The van der Waals surface area contributed by atoms with Crippen molar-refractivity contribution in [3.8, 4) is 5.75 Å². The van der Waals surface area contributed by atoms with E-state index in [0.717, 1.165) is 35.3 Å². The smallest absolute Gasteiger partial charge is 0.264 e. The van der Waals surface area contributed by atoms with Gasteiger partial charge < -0.3 is 15.0 Å². The molecule has 33 heavy (non-hydrogen) atoms. The number of nitrogens with one attached hydrogen (secondary N) is 1. The highest BCUT2D eigenvalue weighted by Gasteiger charge is 2.27. The lowest BCUT2D eigenvalue weighted by molar-refractivity contribution is -0.119. The van der Waals surface area contributed by atoms with Gasteiger partial charge in [0.1, 0.15) is 12.3 Å². The van der Waals surface area contributed by atoms with Crippen molar-refractivity contribution in [1.29, 1.82) is 0 Å². The topological polar surface area (TPSA) is 79.0 Å². The van der Waals surface area contributed by atoms with Gasteiger partial charge in [-0.15, -0.1) is 11.8 Å². The zero-order valence-electron chi connectivity index (χ0n) is 19.3.